The molecule has 3 heteroatoms. The number of phenolic OH excluding ortho intramolecular Hbond substituents is 1. The molecule has 0 amide bonds. The van der Waals surface area contributed by atoms with E-state index in [-0.39, 0.29) is 5.75 Å². The minimum atomic E-state index is -0.0179. The lowest BCUT2D eigenvalue weighted by Gasteiger charge is -2.05. The summed E-state index contributed by atoms with van der Waals surface area (Å²) in [5, 5.41) is 10.1. The van der Waals surface area contributed by atoms with Crippen molar-refractivity contribution in [2.75, 3.05) is 0 Å². The van der Waals surface area contributed by atoms with Crippen molar-refractivity contribution < 1.29 is 5.11 Å². The molecule has 1 aromatic rings. The second kappa shape index (κ2) is 6.24. The number of rotatable bonds is 5. The first-order chi connectivity index (χ1) is 7.15. The summed E-state index contributed by atoms with van der Waals surface area (Å²) in [4.78, 5) is 0. The van der Waals surface area contributed by atoms with Gasteiger partial charge in [0.1, 0.15) is 0 Å². The van der Waals surface area contributed by atoms with Gasteiger partial charge in [-0.3, -0.25) is 0 Å². The highest BCUT2D eigenvalue weighted by atomic mass is 35.5. The summed E-state index contributed by atoms with van der Waals surface area (Å²) in [6.07, 6.45) is 5.84. The monoisotopic (exact) mass is 246 g/mol. The predicted octanol–water partition coefficient (Wildman–Crippen LogP) is 4.82. The number of aryl methyl sites for hydroxylation is 1. The van der Waals surface area contributed by atoms with Crippen LogP contribution in [0.1, 0.15) is 38.2 Å². The SMILES string of the molecule is CCCCCCc1cc(Cl)c(O)c(Cl)c1. The highest BCUT2D eigenvalue weighted by molar-refractivity contribution is 6.37. The van der Waals surface area contributed by atoms with E-state index in [1.54, 1.807) is 12.1 Å². The number of hydrogen-bond donors (Lipinski definition) is 1. The van der Waals surface area contributed by atoms with Crippen molar-refractivity contribution in [2.24, 2.45) is 0 Å². The highest BCUT2D eigenvalue weighted by Crippen LogP contribution is 2.33. The van der Waals surface area contributed by atoms with E-state index >= 15 is 0 Å². The molecule has 0 aliphatic heterocycles. The Hall–Kier alpha value is -0.400. The lowest BCUT2D eigenvalue weighted by atomic mass is 10.1. The second-order valence-corrected chi connectivity index (χ2v) is 4.53. The largest absolute Gasteiger partial charge is 0.505 e. The van der Waals surface area contributed by atoms with Crippen LogP contribution in [0.15, 0.2) is 12.1 Å². The molecule has 0 bridgehead atoms. The van der Waals surface area contributed by atoms with Gasteiger partial charge in [-0.1, -0.05) is 49.4 Å². The average molecular weight is 247 g/mol. The van der Waals surface area contributed by atoms with Crippen molar-refractivity contribution in [1.82, 2.24) is 0 Å². The van der Waals surface area contributed by atoms with Gasteiger partial charge in [-0.2, -0.15) is 0 Å². The number of aromatic hydroxyl groups is 1. The molecule has 0 spiro atoms. The lowest BCUT2D eigenvalue weighted by Crippen LogP contribution is -1.86. The van der Waals surface area contributed by atoms with E-state index in [4.69, 9.17) is 23.2 Å². The van der Waals surface area contributed by atoms with Crippen LogP contribution in [0.5, 0.6) is 5.75 Å². The van der Waals surface area contributed by atoms with Gasteiger partial charge in [-0.15, -0.1) is 0 Å². The molecular weight excluding hydrogens is 231 g/mol. The van der Waals surface area contributed by atoms with Crippen LogP contribution in [-0.4, -0.2) is 5.11 Å². The van der Waals surface area contributed by atoms with Gasteiger partial charge in [0.05, 0.1) is 10.0 Å². The molecule has 0 aliphatic carbocycles. The van der Waals surface area contributed by atoms with Crippen LogP contribution in [0.25, 0.3) is 0 Å². The molecule has 1 nitrogen and oxygen atoms in total. The van der Waals surface area contributed by atoms with Crippen LogP contribution in [-0.2, 0) is 6.42 Å². The van der Waals surface area contributed by atoms with Gasteiger partial charge in [-0.25, -0.2) is 0 Å². The van der Waals surface area contributed by atoms with Crippen LogP contribution in [0.2, 0.25) is 10.0 Å². The minimum absolute atomic E-state index is 0.0179. The van der Waals surface area contributed by atoms with Crippen LogP contribution < -0.4 is 0 Å². The fourth-order valence-corrected chi connectivity index (χ4v) is 2.05. The molecule has 0 atom stereocenters. The van der Waals surface area contributed by atoms with E-state index in [0.717, 1.165) is 18.4 Å². The molecule has 0 heterocycles. The van der Waals surface area contributed by atoms with E-state index in [1.807, 2.05) is 0 Å². The van der Waals surface area contributed by atoms with E-state index in [2.05, 4.69) is 6.92 Å². The Balaban J connectivity index is 2.55. The predicted molar refractivity (Wildman–Crippen MR) is 66.0 cm³/mol. The number of benzene rings is 1. The Kier molecular flexibility index (Phi) is 5.27. The van der Waals surface area contributed by atoms with Crippen LogP contribution in [0.4, 0.5) is 0 Å². The maximum Gasteiger partial charge on any atom is 0.152 e. The zero-order valence-corrected chi connectivity index (χ0v) is 10.4. The zero-order valence-electron chi connectivity index (χ0n) is 8.89. The number of halogens is 2. The molecule has 1 aromatic carbocycles. The molecule has 1 N–H and O–H groups in total. The molecule has 0 aromatic heterocycles. The first-order valence-electron chi connectivity index (χ1n) is 5.32. The number of hydrogen-bond acceptors (Lipinski definition) is 1. The zero-order chi connectivity index (χ0) is 11.3. The maximum atomic E-state index is 9.38. The normalized spacial score (nSPS) is 10.6. The summed E-state index contributed by atoms with van der Waals surface area (Å²) in [6.45, 7) is 2.19. The quantitative estimate of drug-likeness (QED) is 0.739. The summed E-state index contributed by atoms with van der Waals surface area (Å²) in [5.74, 6) is -0.0179. The van der Waals surface area contributed by atoms with Crippen molar-refractivity contribution in [3.05, 3.63) is 27.7 Å². The summed E-state index contributed by atoms with van der Waals surface area (Å²) < 4.78 is 0. The second-order valence-electron chi connectivity index (χ2n) is 3.72. The Morgan fingerprint density at radius 1 is 1.07 bits per heavy atom. The molecule has 0 radical (unpaired) electrons. The summed E-state index contributed by atoms with van der Waals surface area (Å²) in [7, 11) is 0. The Morgan fingerprint density at radius 2 is 1.67 bits per heavy atom. The average Bonchev–Trinajstić information content (AvgIpc) is 2.21. The molecule has 0 saturated carbocycles. The minimum Gasteiger partial charge on any atom is -0.505 e. The Labute approximate surface area is 101 Å². The van der Waals surface area contributed by atoms with E-state index < -0.39 is 0 Å². The van der Waals surface area contributed by atoms with Crippen LogP contribution in [0.3, 0.4) is 0 Å². The third-order valence-corrected chi connectivity index (χ3v) is 2.97. The van der Waals surface area contributed by atoms with Gasteiger partial charge in [-0.05, 0) is 30.5 Å². The number of phenols is 1. The van der Waals surface area contributed by atoms with Crippen molar-refractivity contribution in [3.8, 4) is 5.75 Å². The van der Waals surface area contributed by atoms with Crippen molar-refractivity contribution in [2.45, 2.75) is 39.0 Å². The fraction of sp³-hybridized carbons (Fsp3) is 0.500. The van der Waals surface area contributed by atoms with Crippen molar-refractivity contribution >= 4 is 23.2 Å². The first-order valence-corrected chi connectivity index (χ1v) is 6.07. The first kappa shape index (κ1) is 12.7. The van der Waals surface area contributed by atoms with Gasteiger partial charge in [0, 0.05) is 0 Å². The summed E-state index contributed by atoms with van der Waals surface area (Å²) in [6, 6.07) is 3.57. The van der Waals surface area contributed by atoms with Gasteiger partial charge in [0.2, 0.25) is 0 Å². The molecule has 0 aliphatic rings. The van der Waals surface area contributed by atoms with Gasteiger partial charge in [0.25, 0.3) is 0 Å². The van der Waals surface area contributed by atoms with Crippen LogP contribution >= 0.6 is 23.2 Å². The topological polar surface area (TPSA) is 20.2 Å². The van der Waals surface area contributed by atoms with Gasteiger partial charge in [0.15, 0.2) is 5.75 Å². The lowest BCUT2D eigenvalue weighted by molar-refractivity contribution is 0.475. The van der Waals surface area contributed by atoms with Crippen LogP contribution in [0, 0.1) is 0 Å². The molecule has 0 unspecified atom stereocenters. The molecule has 1 rings (SSSR count). The molecule has 15 heavy (non-hydrogen) atoms. The van der Waals surface area contributed by atoms with E-state index in [0.29, 0.717) is 10.0 Å². The molecule has 0 fully saturated rings. The van der Waals surface area contributed by atoms with E-state index in [1.165, 1.54) is 19.3 Å². The summed E-state index contributed by atoms with van der Waals surface area (Å²) in [5.41, 5.74) is 1.10. The fourth-order valence-electron chi connectivity index (χ4n) is 1.52. The third-order valence-electron chi connectivity index (χ3n) is 2.40. The smallest absolute Gasteiger partial charge is 0.152 e. The van der Waals surface area contributed by atoms with Crippen molar-refractivity contribution in [3.63, 3.8) is 0 Å². The molecule has 0 saturated heterocycles. The summed E-state index contributed by atoms with van der Waals surface area (Å²) >= 11 is 11.6. The van der Waals surface area contributed by atoms with E-state index in [9.17, 15) is 5.11 Å². The maximum absolute atomic E-state index is 9.38. The standard InChI is InChI=1S/C12H16Cl2O/c1-2-3-4-5-6-9-7-10(13)12(15)11(14)8-9/h7-8,15H,2-6H2,1H3. The molecular formula is C12H16Cl2O. The Bertz CT molecular complexity index is 300. The van der Waals surface area contributed by atoms with Gasteiger partial charge < -0.3 is 5.11 Å². The number of unbranched alkanes of at least 4 members (excludes halogenated alkanes) is 3. The third kappa shape index (κ3) is 3.92. The Morgan fingerprint density at radius 3 is 2.20 bits per heavy atom. The van der Waals surface area contributed by atoms with Gasteiger partial charge >= 0.3 is 0 Å². The molecule has 84 valence electrons. The van der Waals surface area contributed by atoms with Crippen molar-refractivity contribution in [1.29, 1.82) is 0 Å². The highest BCUT2D eigenvalue weighted by Gasteiger charge is 2.06.